The van der Waals surface area contributed by atoms with Gasteiger partial charge in [-0.1, -0.05) is 12.1 Å². The van der Waals surface area contributed by atoms with Gasteiger partial charge in [-0.15, -0.1) is 0 Å². The summed E-state index contributed by atoms with van der Waals surface area (Å²) in [7, 11) is 1.68. The third-order valence-electron chi connectivity index (χ3n) is 4.28. The molecule has 0 amide bonds. The second kappa shape index (κ2) is 5.81. The molecule has 114 valence electrons. The molecular formula is C15H20N2O4. The molecule has 6 heteroatoms. The molecule has 2 atom stereocenters. The van der Waals surface area contributed by atoms with Gasteiger partial charge in [-0.25, -0.2) is 0 Å². The largest absolute Gasteiger partial charge is 0.391 e. The molecule has 1 aromatic rings. The number of nitro benzene ring substituents is 1. The fourth-order valence-corrected chi connectivity index (χ4v) is 2.24. The molecule has 1 aromatic carbocycles. The first-order chi connectivity index (χ1) is 9.85. The van der Waals surface area contributed by atoms with Crippen molar-refractivity contribution in [3.8, 4) is 0 Å². The van der Waals surface area contributed by atoms with Crippen LogP contribution in [0.15, 0.2) is 29.4 Å². The molecule has 0 saturated carbocycles. The lowest BCUT2D eigenvalue weighted by Gasteiger charge is -2.32. The first kappa shape index (κ1) is 15.4. The van der Waals surface area contributed by atoms with Crippen molar-refractivity contribution >= 4 is 11.4 Å². The normalized spacial score (nSPS) is 19.8. The highest BCUT2D eigenvalue weighted by Gasteiger charge is 2.37. The Morgan fingerprint density at radius 2 is 2.05 bits per heavy atom. The Hall–Kier alpha value is -1.95. The monoisotopic (exact) mass is 292 g/mol. The number of nitro groups is 1. The zero-order valence-electron chi connectivity index (χ0n) is 12.7. The van der Waals surface area contributed by atoms with Crippen LogP contribution in [0.4, 0.5) is 5.69 Å². The average Bonchev–Trinajstić information content (AvgIpc) is 2.96. The van der Waals surface area contributed by atoms with Gasteiger partial charge in [-0.2, -0.15) is 0 Å². The van der Waals surface area contributed by atoms with Crippen LogP contribution in [0.2, 0.25) is 0 Å². The van der Waals surface area contributed by atoms with E-state index < -0.39 is 4.92 Å². The Balaban J connectivity index is 2.06. The number of methoxy groups -OCH3 is 1. The van der Waals surface area contributed by atoms with E-state index in [4.69, 9.17) is 9.57 Å². The van der Waals surface area contributed by atoms with Crippen molar-refractivity contribution in [2.75, 3.05) is 7.11 Å². The van der Waals surface area contributed by atoms with Crippen LogP contribution in [0.3, 0.4) is 0 Å². The molecule has 0 radical (unpaired) electrons. The Kier molecular flexibility index (Phi) is 4.27. The third kappa shape index (κ3) is 3.21. The van der Waals surface area contributed by atoms with E-state index in [1.165, 1.54) is 12.1 Å². The molecule has 0 saturated heterocycles. The molecule has 2 rings (SSSR count). The molecule has 0 aliphatic carbocycles. The van der Waals surface area contributed by atoms with Crippen LogP contribution in [0.25, 0.3) is 0 Å². The van der Waals surface area contributed by atoms with Gasteiger partial charge in [0.25, 0.3) is 5.69 Å². The predicted molar refractivity (Wildman–Crippen MR) is 79.4 cm³/mol. The van der Waals surface area contributed by atoms with Crippen LogP contribution in [0, 0.1) is 16.0 Å². The summed E-state index contributed by atoms with van der Waals surface area (Å²) in [5.41, 5.74) is 1.44. The number of oxime groups is 1. The van der Waals surface area contributed by atoms with Crippen molar-refractivity contribution in [3.05, 3.63) is 39.9 Å². The highest BCUT2D eigenvalue weighted by Crippen LogP contribution is 2.31. The Labute approximate surface area is 123 Å². The summed E-state index contributed by atoms with van der Waals surface area (Å²) in [6.45, 7) is 6.11. The number of benzene rings is 1. The van der Waals surface area contributed by atoms with E-state index in [1.807, 2.05) is 13.8 Å². The predicted octanol–water partition coefficient (Wildman–Crippen LogP) is 3.15. The van der Waals surface area contributed by atoms with Crippen LogP contribution in [0.5, 0.6) is 0 Å². The van der Waals surface area contributed by atoms with Gasteiger partial charge in [-0.3, -0.25) is 10.1 Å². The van der Waals surface area contributed by atoms with Crippen molar-refractivity contribution in [1.82, 2.24) is 0 Å². The zero-order chi connectivity index (χ0) is 15.6. The number of rotatable bonds is 5. The summed E-state index contributed by atoms with van der Waals surface area (Å²) in [6.07, 6.45) is 0.622. The van der Waals surface area contributed by atoms with Crippen LogP contribution in [-0.2, 0) is 9.57 Å². The van der Waals surface area contributed by atoms with Gasteiger partial charge in [0.05, 0.1) is 16.2 Å². The summed E-state index contributed by atoms with van der Waals surface area (Å²) in [6, 6.07) is 6.37. The maximum atomic E-state index is 10.7. The fourth-order valence-electron chi connectivity index (χ4n) is 2.24. The van der Waals surface area contributed by atoms with E-state index in [-0.39, 0.29) is 23.3 Å². The van der Waals surface area contributed by atoms with Crippen molar-refractivity contribution in [3.63, 3.8) is 0 Å². The number of nitrogens with zero attached hydrogens (tertiary/aromatic N) is 2. The average molecular weight is 292 g/mol. The minimum atomic E-state index is -0.414. The highest BCUT2D eigenvalue weighted by molar-refractivity contribution is 6.01. The van der Waals surface area contributed by atoms with E-state index in [1.54, 1.807) is 19.2 Å². The molecule has 0 unspecified atom stereocenters. The molecule has 0 aromatic heterocycles. The van der Waals surface area contributed by atoms with E-state index in [0.717, 1.165) is 11.3 Å². The third-order valence-corrected chi connectivity index (χ3v) is 4.28. The lowest BCUT2D eigenvalue weighted by atomic mass is 9.85. The van der Waals surface area contributed by atoms with Crippen LogP contribution in [0.1, 0.15) is 32.8 Å². The van der Waals surface area contributed by atoms with Crippen LogP contribution < -0.4 is 0 Å². The molecule has 0 N–H and O–H groups in total. The van der Waals surface area contributed by atoms with E-state index >= 15 is 0 Å². The first-order valence-corrected chi connectivity index (χ1v) is 6.88. The van der Waals surface area contributed by atoms with E-state index in [2.05, 4.69) is 12.1 Å². The van der Waals surface area contributed by atoms with Crippen LogP contribution in [-0.4, -0.2) is 29.4 Å². The second-order valence-electron chi connectivity index (χ2n) is 5.79. The molecule has 0 bridgehead atoms. The van der Waals surface area contributed by atoms with E-state index in [9.17, 15) is 10.1 Å². The van der Waals surface area contributed by atoms with Gasteiger partial charge in [0.2, 0.25) is 0 Å². The molecule has 6 nitrogen and oxygen atoms in total. The summed E-state index contributed by atoms with van der Waals surface area (Å²) in [5.74, 6) is 0.168. The van der Waals surface area contributed by atoms with Crippen molar-refractivity contribution < 1.29 is 14.5 Å². The van der Waals surface area contributed by atoms with Gasteiger partial charge >= 0.3 is 0 Å². The van der Waals surface area contributed by atoms with Gasteiger partial charge in [0.1, 0.15) is 6.10 Å². The van der Waals surface area contributed by atoms with E-state index in [0.29, 0.717) is 6.42 Å². The van der Waals surface area contributed by atoms with Gasteiger partial charge in [0, 0.05) is 31.6 Å². The highest BCUT2D eigenvalue weighted by atomic mass is 16.6. The molecular weight excluding hydrogens is 272 g/mol. The summed E-state index contributed by atoms with van der Waals surface area (Å²) in [4.78, 5) is 15.8. The maximum absolute atomic E-state index is 10.7. The maximum Gasteiger partial charge on any atom is 0.269 e. The van der Waals surface area contributed by atoms with Gasteiger partial charge < -0.3 is 9.57 Å². The van der Waals surface area contributed by atoms with Crippen molar-refractivity contribution in [2.45, 2.75) is 38.9 Å². The Morgan fingerprint density at radius 1 is 1.43 bits per heavy atom. The Bertz CT molecular complexity index is 551. The number of hydrogen-bond acceptors (Lipinski definition) is 5. The van der Waals surface area contributed by atoms with Gasteiger partial charge in [-0.05, 0) is 31.5 Å². The topological polar surface area (TPSA) is 74.0 Å². The molecule has 1 aliphatic rings. The number of non-ortho nitro benzene ring substituents is 1. The minimum absolute atomic E-state index is 0.0508. The number of ether oxygens (including phenoxy) is 1. The minimum Gasteiger partial charge on any atom is -0.391 e. The molecule has 0 spiro atoms. The standard InChI is InChI=1S/C15H20N2O4/c1-10(15(2,3)20-4)14-9-13(16-21-14)11-5-7-12(8-6-11)17(18)19/h5-8,10,14H,9H2,1-4H3/t10-,14-/m1/s1. The molecule has 1 aliphatic heterocycles. The SMILES string of the molecule is COC(C)(C)[C@H](C)[C@H]1CC(c2ccc([N+](=O)[O-])cc2)=NO1. The lowest BCUT2D eigenvalue weighted by Crippen LogP contribution is -2.39. The van der Waals surface area contributed by atoms with Gasteiger partial charge in [0.15, 0.2) is 0 Å². The quantitative estimate of drug-likeness (QED) is 0.617. The molecule has 0 fully saturated rings. The first-order valence-electron chi connectivity index (χ1n) is 6.88. The molecule has 21 heavy (non-hydrogen) atoms. The summed E-state index contributed by atoms with van der Waals surface area (Å²) < 4.78 is 5.49. The Morgan fingerprint density at radius 3 is 2.57 bits per heavy atom. The van der Waals surface area contributed by atoms with Crippen LogP contribution >= 0.6 is 0 Å². The van der Waals surface area contributed by atoms with Crippen molar-refractivity contribution in [1.29, 1.82) is 0 Å². The molecule has 1 heterocycles. The zero-order valence-corrected chi connectivity index (χ0v) is 12.7. The summed E-state index contributed by atoms with van der Waals surface area (Å²) in [5, 5.41) is 14.8. The fraction of sp³-hybridized carbons (Fsp3) is 0.533. The number of hydrogen-bond donors (Lipinski definition) is 0. The lowest BCUT2D eigenvalue weighted by molar-refractivity contribution is -0.384. The van der Waals surface area contributed by atoms with Crippen molar-refractivity contribution in [2.24, 2.45) is 11.1 Å². The summed E-state index contributed by atoms with van der Waals surface area (Å²) >= 11 is 0. The second-order valence-corrected chi connectivity index (χ2v) is 5.79. The smallest absolute Gasteiger partial charge is 0.269 e.